The topological polar surface area (TPSA) is 67.2 Å². The molecule has 1 amide bonds. The number of thiophene rings is 1. The lowest BCUT2D eigenvalue weighted by atomic mass is 9.76. The number of hydrogen-bond donors (Lipinski definition) is 3. The van der Waals surface area contributed by atoms with Crippen LogP contribution >= 0.6 is 23.1 Å². The highest BCUT2D eigenvalue weighted by atomic mass is 32.2. The third kappa shape index (κ3) is 3.66. The van der Waals surface area contributed by atoms with Gasteiger partial charge in [0.2, 0.25) is 0 Å². The first kappa shape index (κ1) is 16.5. The number of nitrogens with one attached hydrogen (secondary N) is 2. The van der Waals surface area contributed by atoms with E-state index in [0.29, 0.717) is 22.0 Å². The van der Waals surface area contributed by atoms with Gasteiger partial charge < -0.3 is 16.4 Å². The number of amides is 1. The summed E-state index contributed by atoms with van der Waals surface area (Å²) in [5.41, 5.74) is 7.19. The largest absolute Gasteiger partial charge is 0.396 e. The van der Waals surface area contributed by atoms with Crippen LogP contribution in [0.3, 0.4) is 0 Å². The van der Waals surface area contributed by atoms with Gasteiger partial charge in [-0.05, 0) is 37.4 Å². The summed E-state index contributed by atoms with van der Waals surface area (Å²) in [6, 6.07) is 0.486. The number of thioether (sulfide) groups is 1. The van der Waals surface area contributed by atoms with E-state index >= 15 is 0 Å². The Hall–Kier alpha value is -0.880. The maximum absolute atomic E-state index is 11.9. The van der Waals surface area contributed by atoms with E-state index in [1.165, 1.54) is 37.0 Å². The molecule has 21 heavy (non-hydrogen) atoms. The van der Waals surface area contributed by atoms with Crippen LogP contribution in [-0.2, 0) is 0 Å². The highest BCUT2D eigenvalue weighted by molar-refractivity contribution is 7.99. The first-order valence-corrected chi connectivity index (χ1v) is 9.37. The van der Waals surface area contributed by atoms with Gasteiger partial charge in [0.1, 0.15) is 9.88 Å². The van der Waals surface area contributed by atoms with Crippen molar-refractivity contribution in [1.29, 1.82) is 0 Å². The molecule has 6 heteroatoms. The maximum atomic E-state index is 11.9. The highest BCUT2D eigenvalue weighted by Crippen LogP contribution is 2.43. The van der Waals surface area contributed by atoms with Crippen molar-refractivity contribution < 1.29 is 4.79 Å². The van der Waals surface area contributed by atoms with Gasteiger partial charge in [0.05, 0.1) is 10.6 Å². The minimum Gasteiger partial charge on any atom is -0.396 e. The number of hydrogen-bond acceptors (Lipinski definition) is 5. The van der Waals surface area contributed by atoms with E-state index in [9.17, 15) is 4.79 Å². The molecule has 0 aliphatic heterocycles. The fraction of sp³-hybridized carbons (Fsp3) is 0.667. The first-order chi connectivity index (χ1) is 9.88. The summed E-state index contributed by atoms with van der Waals surface area (Å²) in [6.07, 6.45) is 6.83. The van der Waals surface area contributed by atoms with Crippen LogP contribution in [0.4, 0.5) is 10.7 Å². The fourth-order valence-electron chi connectivity index (χ4n) is 2.74. The van der Waals surface area contributed by atoms with Gasteiger partial charge in [-0.1, -0.05) is 13.8 Å². The summed E-state index contributed by atoms with van der Waals surface area (Å²) in [5, 5.41) is 7.32. The molecule has 1 aliphatic carbocycles. The molecule has 0 spiro atoms. The van der Waals surface area contributed by atoms with Gasteiger partial charge in [0, 0.05) is 13.1 Å². The Morgan fingerprint density at radius 3 is 2.52 bits per heavy atom. The Kier molecular flexibility index (Phi) is 5.09. The zero-order valence-corrected chi connectivity index (χ0v) is 14.8. The van der Waals surface area contributed by atoms with E-state index in [4.69, 9.17) is 5.73 Å². The predicted molar refractivity (Wildman–Crippen MR) is 93.6 cm³/mol. The van der Waals surface area contributed by atoms with E-state index in [-0.39, 0.29) is 5.91 Å². The average molecular weight is 328 g/mol. The number of nitrogen functional groups attached to an aromatic ring is 1. The molecule has 0 saturated heterocycles. The zero-order valence-electron chi connectivity index (χ0n) is 13.2. The molecule has 0 atom stereocenters. The summed E-state index contributed by atoms with van der Waals surface area (Å²) in [5.74, 6) is -0.106. The summed E-state index contributed by atoms with van der Waals surface area (Å²) in [4.78, 5) is 13.5. The molecular weight excluding hydrogens is 302 g/mol. The van der Waals surface area contributed by atoms with E-state index in [1.807, 2.05) is 6.26 Å². The van der Waals surface area contributed by atoms with E-state index < -0.39 is 0 Å². The summed E-state index contributed by atoms with van der Waals surface area (Å²) >= 11 is 3.07. The third-order valence-corrected chi connectivity index (χ3v) is 6.31. The molecule has 118 valence electrons. The van der Waals surface area contributed by atoms with E-state index in [1.54, 1.807) is 18.8 Å². The molecule has 4 N–H and O–H groups in total. The number of carbonyl (C=O) groups is 1. The van der Waals surface area contributed by atoms with Crippen molar-refractivity contribution in [2.24, 2.45) is 5.41 Å². The monoisotopic (exact) mass is 327 g/mol. The van der Waals surface area contributed by atoms with E-state index in [2.05, 4.69) is 24.5 Å². The fourth-order valence-corrected chi connectivity index (χ4v) is 4.78. The van der Waals surface area contributed by atoms with Crippen molar-refractivity contribution in [1.82, 2.24) is 5.32 Å². The predicted octanol–water partition coefficient (Wildman–Crippen LogP) is 3.79. The van der Waals surface area contributed by atoms with Gasteiger partial charge in [0.25, 0.3) is 5.91 Å². The van der Waals surface area contributed by atoms with Crippen LogP contribution < -0.4 is 16.4 Å². The van der Waals surface area contributed by atoms with Crippen LogP contribution in [0.15, 0.2) is 4.90 Å². The normalized spacial score (nSPS) is 18.5. The molecule has 0 aromatic carbocycles. The van der Waals surface area contributed by atoms with Crippen LogP contribution in [0.1, 0.15) is 49.2 Å². The quantitative estimate of drug-likeness (QED) is 0.736. The Bertz CT molecular complexity index is 515. The van der Waals surface area contributed by atoms with Crippen LogP contribution in [0, 0.1) is 5.41 Å². The first-order valence-electron chi connectivity index (χ1n) is 7.33. The number of carbonyl (C=O) groups excluding carboxylic acids is 1. The van der Waals surface area contributed by atoms with Gasteiger partial charge in [-0.3, -0.25) is 4.79 Å². The minimum atomic E-state index is -0.106. The van der Waals surface area contributed by atoms with Gasteiger partial charge in [-0.25, -0.2) is 0 Å². The second-order valence-electron chi connectivity index (χ2n) is 6.37. The van der Waals surface area contributed by atoms with Crippen molar-refractivity contribution in [3.63, 3.8) is 0 Å². The third-order valence-electron chi connectivity index (χ3n) is 4.21. The standard InChI is InChI=1S/C15H25N3OS2/c1-15(2)7-5-9(6-8-15)18-14-12(20-4)10(16)11(21-14)13(19)17-3/h9,18H,5-8,16H2,1-4H3,(H,17,19). The molecule has 1 fully saturated rings. The smallest absolute Gasteiger partial charge is 0.263 e. The second kappa shape index (κ2) is 6.48. The Morgan fingerprint density at radius 2 is 2.00 bits per heavy atom. The lowest BCUT2D eigenvalue weighted by molar-refractivity contribution is 0.0968. The maximum Gasteiger partial charge on any atom is 0.263 e. The molecule has 1 aromatic rings. The number of nitrogens with two attached hydrogens (primary N) is 1. The van der Waals surface area contributed by atoms with Gasteiger partial charge in [0.15, 0.2) is 0 Å². The van der Waals surface area contributed by atoms with Crippen LogP contribution in [-0.4, -0.2) is 25.3 Å². The summed E-state index contributed by atoms with van der Waals surface area (Å²) in [7, 11) is 1.64. The molecule has 1 saturated carbocycles. The van der Waals surface area contributed by atoms with Crippen molar-refractivity contribution in [2.75, 3.05) is 24.4 Å². The molecule has 0 radical (unpaired) electrons. The molecule has 0 bridgehead atoms. The van der Waals surface area contributed by atoms with Crippen molar-refractivity contribution in [3.05, 3.63) is 4.88 Å². The Morgan fingerprint density at radius 1 is 1.38 bits per heavy atom. The molecule has 1 aliphatic rings. The van der Waals surface area contributed by atoms with Crippen LogP contribution in [0.5, 0.6) is 0 Å². The molecule has 2 rings (SSSR count). The highest BCUT2D eigenvalue weighted by Gasteiger charge is 2.28. The number of rotatable bonds is 4. The molecule has 1 heterocycles. The van der Waals surface area contributed by atoms with Crippen LogP contribution in [0.25, 0.3) is 0 Å². The van der Waals surface area contributed by atoms with Crippen molar-refractivity contribution in [2.45, 2.75) is 50.5 Å². The molecule has 4 nitrogen and oxygen atoms in total. The lowest BCUT2D eigenvalue weighted by Crippen LogP contribution is -2.29. The Labute approximate surface area is 135 Å². The second-order valence-corrected chi connectivity index (χ2v) is 8.21. The minimum absolute atomic E-state index is 0.106. The van der Waals surface area contributed by atoms with Crippen molar-refractivity contribution >= 4 is 39.7 Å². The summed E-state index contributed by atoms with van der Waals surface area (Å²) in [6.45, 7) is 4.67. The SMILES string of the molecule is CNC(=O)c1sc(NC2CCC(C)(C)CC2)c(SC)c1N. The van der Waals surface area contributed by atoms with Gasteiger partial charge in [-0.15, -0.1) is 23.1 Å². The van der Waals surface area contributed by atoms with Crippen LogP contribution in [0.2, 0.25) is 0 Å². The van der Waals surface area contributed by atoms with Gasteiger partial charge >= 0.3 is 0 Å². The molecular formula is C15H25N3OS2. The average Bonchev–Trinajstić information content (AvgIpc) is 2.76. The van der Waals surface area contributed by atoms with E-state index in [0.717, 1.165) is 9.90 Å². The molecule has 0 unspecified atom stereocenters. The number of anilines is 2. The summed E-state index contributed by atoms with van der Waals surface area (Å²) < 4.78 is 0. The zero-order chi connectivity index (χ0) is 15.6. The Balaban J connectivity index is 2.15. The lowest BCUT2D eigenvalue weighted by Gasteiger charge is -2.34. The van der Waals surface area contributed by atoms with Gasteiger partial charge in [-0.2, -0.15) is 0 Å². The van der Waals surface area contributed by atoms with Crippen molar-refractivity contribution in [3.8, 4) is 0 Å². The molecule has 1 aromatic heterocycles.